The number of aliphatic hydroxyl groups is 1. The number of hydrogen-bond acceptors (Lipinski definition) is 5. The maximum Gasteiger partial charge on any atom is 0.158 e. The van der Waals surface area contributed by atoms with E-state index in [0.717, 1.165) is 61.1 Å². The molecule has 1 saturated heterocycles. The summed E-state index contributed by atoms with van der Waals surface area (Å²) in [5, 5.41) is 22.9. The van der Waals surface area contributed by atoms with Crippen LogP contribution in [0.3, 0.4) is 0 Å². The molecule has 2 aromatic rings. The zero-order chi connectivity index (χ0) is 17.3. The van der Waals surface area contributed by atoms with Crippen LogP contribution in [0.5, 0.6) is 0 Å². The zero-order valence-corrected chi connectivity index (χ0v) is 15.3. The second-order valence-corrected chi connectivity index (χ2v) is 6.82. The van der Waals surface area contributed by atoms with E-state index < -0.39 is 0 Å². The van der Waals surface area contributed by atoms with E-state index >= 15 is 0 Å². The average Bonchev–Trinajstić information content (AvgIpc) is 3.09. The van der Waals surface area contributed by atoms with Gasteiger partial charge in [0.25, 0.3) is 0 Å². The minimum atomic E-state index is -0.0783. The van der Waals surface area contributed by atoms with E-state index in [1.807, 2.05) is 18.7 Å². The predicted molar refractivity (Wildman–Crippen MR) is 91.8 cm³/mol. The number of hydrogen-bond donors (Lipinski definition) is 1. The maximum absolute atomic E-state index is 9.31. The lowest BCUT2D eigenvalue weighted by Gasteiger charge is -2.32. The van der Waals surface area contributed by atoms with Gasteiger partial charge in [0.1, 0.15) is 17.6 Å². The molecule has 8 heteroatoms. The molecule has 0 bridgehead atoms. The summed E-state index contributed by atoms with van der Waals surface area (Å²) in [5.74, 6) is 1.90. The fourth-order valence-corrected chi connectivity index (χ4v) is 3.75. The molecule has 132 valence electrons. The molecule has 1 aliphatic heterocycles. The van der Waals surface area contributed by atoms with E-state index in [0.29, 0.717) is 11.7 Å². The maximum atomic E-state index is 9.31. The third-order valence-corrected chi connectivity index (χ3v) is 5.35. The molecule has 2 aromatic heterocycles. The highest BCUT2D eigenvalue weighted by molar-refractivity contribution is 6.30. The fraction of sp³-hybridized carbons (Fsp3) is 0.688. The van der Waals surface area contributed by atoms with Crippen LogP contribution in [0.1, 0.15) is 48.6 Å². The summed E-state index contributed by atoms with van der Waals surface area (Å²) in [4.78, 5) is 2.42. The number of aliphatic hydroxyl groups excluding tert-OH is 1. The smallest absolute Gasteiger partial charge is 0.158 e. The van der Waals surface area contributed by atoms with Gasteiger partial charge < -0.3 is 9.67 Å². The van der Waals surface area contributed by atoms with Gasteiger partial charge in [-0.05, 0) is 25.8 Å². The van der Waals surface area contributed by atoms with Gasteiger partial charge in [0, 0.05) is 38.7 Å². The van der Waals surface area contributed by atoms with Crippen LogP contribution in [-0.4, -0.2) is 47.6 Å². The molecule has 7 nitrogen and oxygen atoms in total. The van der Waals surface area contributed by atoms with Crippen molar-refractivity contribution in [1.29, 1.82) is 0 Å². The highest BCUT2D eigenvalue weighted by Crippen LogP contribution is 2.29. The van der Waals surface area contributed by atoms with E-state index in [4.69, 9.17) is 11.6 Å². The summed E-state index contributed by atoms with van der Waals surface area (Å²) in [6.45, 7) is 4.82. The van der Waals surface area contributed by atoms with Gasteiger partial charge in [0.05, 0.1) is 5.69 Å². The molecule has 24 heavy (non-hydrogen) atoms. The summed E-state index contributed by atoms with van der Waals surface area (Å²) < 4.78 is 3.68. The van der Waals surface area contributed by atoms with Crippen LogP contribution >= 0.6 is 11.6 Å². The van der Waals surface area contributed by atoms with Crippen molar-refractivity contribution < 1.29 is 5.11 Å². The van der Waals surface area contributed by atoms with Gasteiger partial charge in [0.2, 0.25) is 0 Å². The van der Waals surface area contributed by atoms with Crippen molar-refractivity contribution in [3.05, 3.63) is 28.1 Å². The Hall–Kier alpha value is -1.44. The number of aromatic nitrogens is 5. The minimum absolute atomic E-state index is 0.0783. The Balaban J connectivity index is 1.75. The Labute approximate surface area is 147 Å². The Morgan fingerprint density at radius 2 is 2.08 bits per heavy atom. The van der Waals surface area contributed by atoms with Gasteiger partial charge in [-0.3, -0.25) is 9.58 Å². The van der Waals surface area contributed by atoms with E-state index in [1.54, 1.807) is 4.68 Å². The molecule has 0 aromatic carbocycles. The first kappa shape index (κ1) is 17.4. The number of nitrogens with zero attached hydrogens (tertiary/aromatic N) is 6. The van der Waals surface area contributed by atoms with Crippen LogP contribution in [0.2, 0.25) is 5.15 Å². The first-order valence-corrected chi connectivity index (χ1v) is 8.84. The van der Waals surface area contributed by atoms with E-state index in [1.165, 1.54) is 0 Å². The number of piperidine rings is 1. The normalized spacial score (nSPS) is 19.1. The van der Waals surface area contributed by atoms with Gasteiger partial charge in [-0.2, -0.15) is 5.10 Å². The first-order valence-electron chi connectivity index (χ1n) is 8.46. The molecule has 0 amide bonds. The molecular formula is C16H25ClN6O. The van der Waals surface area contributed by atoms with Crippen molar-refractivity contribution in [1.82, 2.24) is 29.4 Å². The molecule has 1 fully saturated rings. The van der Waals surface area contributed by atoms with Crippen LogP contribution in [-0.2, 0) is 33.7 Å². The second-order valence-electron chi connectivity index (χ2n) is 6.46. The number of halogens is 1. The summed E-state index contributed by atoms with van der Waals surface area (Å²) >= 11 is 6.43. The number of likely N-dealkylation sites (tertiary alicyclic amines) is 1. The van der Waals surface area contributed by atoms with Crippen LogP contribution in [0, 0.1) is 0 Å². The molecular weight excluding hydrogens is 328 g/mol. The van der Waals surface area contributed by atoms with Crippen molar-refractivity contribution in [3.8, 4) is 0 Å². The van der Waals surface area contributed by atoms with Crippen molar-refractivity contribution in [2.24, 2.45) is 14.1 Å². The SMILES string of the molecule is CCc1nn(C)c(Cl)c1CN1CCC[C@H](c2nnc(CO)n2C)C1. The van der Waals surface area contributed by atoms with Crippen molar-refractivity contribution in [2.45, 2.75) is 45.3 Å². The summed E-state index contributed by atoms with van der Waals surface area (Å²) in [5.41, 5.74) is 2.21. The Morgan fingerprint density at radius 3 is 2.75 bits per heavy atom. The molecule has 0 spiro atoms. The van der Waals surface area contributed by atoms with Crippen LogP contribution in [0.15, 0.2) is 0 Å². The molecule has 0 radical (unpaired) electrons. The Morgan fingerprint density at radius 1 is 1.29 bits per heavy atom. The van der Waals surface area contributed by atoms with Crippen LogP contribution < -0.4 is 0 Å². The summed E-state index contributed by atoms with van der Waals surface area (Å²) in [6.07, 6.45) is 3.09. The zero-order valence-electron chi connectivity index (χ0n) is 14.5. The third-order valence-electron chi connectivity index (χ3n) is 4.88. The number of aryl methyl sites for hydroxylation is 2. The quantitative estimate of drug-likeness (QED) is 0.885. The van der Waals surface area contributed by atoms with E-state index in [-0.39, 0.29) is 6.61 Å². The molecule has 0 saturated carbocycles. The standard InChI is InChI=1S/C16H25ClN6O/c1-4-13-12(15(17)22(3)20-13)9-23-7-5-6-11(8-23)16-19-18-14(10-24)21(16)2/h11,24H,4-10H2,1-3H3/t11-/m0/s1. The lowest BCUT2D eigenvalue weighted by Crippen LogP contribution is -2.35. The lowest BCUT2D eigenvalue weighted by molar-refractivity contribution is 0.194. The highest BCUT2D eigenvalue weighted by atomic mass is 35.5. The van der Waals surface area contributed by atoms with Crippen molar-refractivity contribution >= 4 is 11.6 Å². The fourth-order valence-electron chi connectivity index (χ4n) is 3.54. The van der Waals surface area contributed by atoms with Gasteiger partial charge in [0.15, 0.2) is 5.82 Å². The molecule has 3 heterocycles. The second kappa shape index (κ2) is 7.21. The Bertz CT molecular complexity index is 710. The topological polar surface area (TPSA) is 72.0 Å². The van der Waals surface area contributed by atoms with Crippen molar-refractivity contribution in [2.75, 3.05) is 13.1 Å². The van der Waals surface area contributed by atoms with Gasteiger partial charge in [-0.25, -0.2) is 0 Å². The molecule has 1 N–H and O–H groups in total. The largest absolute Gasteiger partial charge is 0.388 e. The van der Waals surface area contributed by atoms with Gasteiger partial charge >= 0.3 is 0 Å². The summed E-state index contributed by atoms with van der Waals surface area (Å²) in [7, 11) is 3.81. The molecule has 1 aliphatic rings. The van der Waals surface area contributed by atoms with Gasteiger partial charge in [-0.1, -0.05) is 18.5 Å². The van der Waals surface area contributed by atoms with Gasteiger partial charge in [-0.15, -0.1) is 10.2 Å². The van der Waals surface area contributed by atoms with Crippen LogP contribution in [0.4, 0.5) is 0 Å². The molecule has 3 rings (SSSR count). The third kappa shape index (κ3) is 3.20. The molecule has 0 aliphatic carbocycles. The van der Waals surface area contributed by atoms with Crippen LogP contribution in [0.25, 0.3) is 0 Å². The van der Waals surface area contributed by atoms with Crippen molar-refractivity contribution in [3.63, 3.8) is 0 Å². The monoisotopic (exact) mass is 352 g/mol. The van der Waals surface area contributed by atoms with E-state index in [2.05, 4.69) is 27.1 Å². The highest BCUT2D eigenvalue weighted by Gasteiger charge is 2.27. The predicted octanol–water partition coefficient (Wildman–Crippen LogP) is 1.64. The Kier molecular flexibility index (Phi) is 5.22. The minimum Gasteiger partial charge on any atom is -0.388 e. The number of rotatable bonds is 5. The average molecular weight is 353 g/mol. The summed E-state index contributed by atoms with van der Waals surface area (Å²) in [6, 6.07) is 0. The lowest BCUT2D eigenvalue weighted by atomic mass is 9.96. The molecule has 1 atom stereocenters. The van der Waals surface area contributed by atoms with E-state index in [9.17, 15) is 5.11 Å². The first-order chi connectivity index (χ1) is 11.5. The molecule has 0 unspecified atom stereocenters.